The van der Waals surface area contributed by atoms with Crippen LogP contribution in [0.4, 0.5) is 0 Å². The molecule has 10 heavy (non-hydrogen) atoms. The predicted molar refractivity (Wildman–Crippen MR) is 38.5 cm³/mol. The number of allylic oxidation sites excluding steroid dienone is 1. The van der Waals surface area contributed by atoms with E-state index >= 15 is 0 Å². The Bertz CT molecular complexity index is 167. The lowest BCUT2D eigenvalue weighted by molar-refractivity contribution is -0.135. The van der Waals surface area contributed by atoms with Gasteiger partial charge in [0.1, 0.15) is 0 Å². The largest absolute Gasteiger partial charge is 0.480 e. The van der Waals surface area contributed by atoms with Crippen LogP contribution < -0.4 is 5.32 Å². The van der Waals surface area contributed by atoms with Gasteiger partial charge in [-0.25, -0.2) is 0 Å². The van der Waals surface area contributed by atoms with Crippen molar-refractivity contribution in [2.75, 3.05) is 13.1 Å². The van der Waals surface area contributed by atoms with Gasteiger partial charge in [0.2, 0.25) is 0 Å². The minimum atomic E-state index is -0.867. The van der Waals surface area contributed by atoms with E-state index in [-0.39, 0.29) is 6.54 Å². The number of carboxylic acids is 1. The predicted octanol–water partition coefficient (Wildman–Crippen LogP) is -0.150. The highest BCUT2D eigenvalue weighted by Gasteiger charge is 1.90. The van der Waals surface area contributed by atoms with Gasteiger partial charge in [-0.15, -0.1) is 6.42 Å². The number of carboxylic acid groups (broad SMARTS) is 1. The average Bonchev–Trinajstić information content (AvgIpc) is 1.87. The van der Waals surface area contributed by atoms with Crippen LogP contribution in [-0.2, 0) is 4.79 Å². The molecule has 0 aliphatic carbocycles. The van der Waals surface area contributed by atoms with Crippen LogP contribution in [0.1, 0.15) is 0 Å². The molecule has 2 N–H and O–H groups in total. The molecule has 0 aliphatic rings. The van der Waals surface area contributed by atoms with Gasteiger partial charge >= 0.3 is 5.97 Å². The molecule has 0 saturated heterocycles. The van der Waals surface area contributed by atoms with Gasteiger partial charge in [-0.2, -0.15) is 0 Å². The zero-order valence-electron chi connectivity index (χ0n) is 5.50. The van der Waals surface area contributed by atoms with Crippen molar-refractivity contribution in [1.29, 1.82) is 0 Å². The Balaban J connectivity index is 3.15. The summed E-state index contributed by atoms with van der Waals surface area (Å²) in [5.41, 5.74) is 0. The number of nitrogens with one attached hydrogen (secondary N) is 1. The molecule has 0 aromatic heterocycles. The second-order valence-corrected chi connectivity index (χ2v) is 1.59. The van der Waals surface area contributed by atoms with Crippen molar-refractivity contribution in [3.8, 4) is 12.3 Å². The Kier molecular flexibility index (Phi) is 5.12. The van der Waals surface area contributed by atoms with Crippen LogP contribution in [-0.4, -0.2) is 24.2 Å². The van der Waals surface area contributed by atoms with Crippen LogP contribution in [0.2, 0.25) is 0 Å². The lowest BCUT2D eigenvalue weighted by atomic mass is 10.5. The topological polar surface area (TPSA) is 49.3 Å². The molecule has 0 heterocycles. The van der Waals surface area contributed by atoms with E-state index in [0.29, 0.717) is 6.54 Å². The fraction of sp³-hybridized carbons (Fsp3) is 0.286. The smallest absolute Gasteiger partial charge is 0.317 e. The van der Waals surface area contributed by atoms with Crippen molar-refractivity contribution in [2.45, 2.75) is 0 Å². The zero-order chi connectivity index (χ0) is 7.82. The van der Waals surface area contributed by atoms with Crippen molar-refractivity contribution >= 4 is 5.97 Å². The molecule has 3 heteroatoms. The molecule has 0 unspecified atom stereocenters. The summed E-state index contributed by atoms with van der Waals surface area (Å²) in [5, 5.41) is 10.8. The molecule has 54 valence electrons. The van der Waals surface area contributed by atoms with Gasteiger partial charge in [-0.1, -0.05) is 12.0 Å². The summed E-state index contributed by atoms with van der Waals surface area (Å²) in [6.07, 6.45) is 8.10. The van der Waals surface area contributed by atoms with Gasteiger partial charge in [0.15, 0.2) is 0 Å². The molecule has 0 aromatic carbocycles. The molecule has 0 radical (unpaired) electrons. The number of terminal acetylenes is 1. The van der Waals surface area contributed by atoms with Crippen molar-refractivity contribution in [3.63, 3.8) is 0 Å². The molecular weight excluding hydrogens is 130 g/mol. The Hall–Kier alpha value is -1.27. The summed E-state index contributed by atoms with van der Waals surface area (Å²) in [5.74, 6) is 1.42. The fourth-order valence-corrected chi connectivity index (χ4v) is 0.389. The Morgan fingerprint density at radius 2 is 2.50 bits per heavy atom. The molecular formula is C7H9NO2. The van der Waals surface area contributed by atoms with E-state index in [1.165, 1.54) is 6.08 Å². The van der Waals surface area contributed by atoms with Gasteiger partial charge in [-0.05, 0) is 6.08 Å². The highest BCUT2D eigenvalue weighted by Crippen LogP contribution is 1.66. The number of rotatable bonds is 4. The number of hydrogen-bond donors (Lipinski definition) is 2. The van der Waals surface area contributed by atoms with Gasteiger partial charge in [-0.3, -0.25) is 4.79 Å². The molecule has 0 aliphatic heterocycles. The monoisotopic (exact) mass is 139 g/mol. The van der Waals surface area contributed by atoms with Crippen LogP contribution in [0.5, 0.6) is 0 Å². The van der Waals surface area contributed by atoms with Gasteiger partial charge in [0, 0.05) is 6.54 Å². The van der Waals surface area contributed by atoms with E-state index in [1.54, 1.807) is 6.08 Å². The summed E-state index contributed by atoms with van der Waals surface area (Å²) in [6.45, 7) is 0.464. The molecule has 0 aromatic rings. The lowest BCUT2D eigenvalue weighted by Gasteiger charge is -1.92. The molecule has 0 atom stereocenters. The van der Waals surface area contributed by atoms with E-state index in [0.717, 1.165) is 0 Å². The van der Waals surface area contributed by atoms with Crippen LogP contribution >= 0.6 is 0 Å². The maximum absolute atomic E-state index is 9.91. The molecule has 0 fully saturated rings. The standard InChI is InChI=1S/C7H9NO2/c1-2-3-4-5-8-6-7(9)10/h1,3-4,8H,5-6H2,(H,9,10). The van der Waals surface area contributed by atoms with E-state index in [1.807, 2.05) is 0 Å². The third-order valence-electron chi connectivity index (χ3n) is 0.752. The number of carbonyl (C=O) groups is 1. The minimum absolute atomic E-state index is 0.0328. The maximum Gasteiger partial charge on any atom is 0.317 e. The van der Waals surface area contributed by atoms with Gasteiger partial charge < -0.3 is 10.4 Å². The van der Waals surface area contributed by atoms with Crippen molar-refractivity contribution in [3.05, 3.63) is 12.2 Å². The lowest BCUT2D eigenvalue weighted by Crippen LogP contribution is -2.22. The fourth-order valence-electron chi connectivity index (χ4n) is 0.389. The summed E-state index contributed by atoms with van der Waals surface area (Å²) < 4.78 is 0. The highest BCUT2D eigenvalue weighted by molar-refractivity contribution is 5.69. The van der Waals surface area contributed by atoms with Crippen molar-refractivity contribution in [1.82, 2.24) is 5.32 Å². The zero-order valence-corrected chi connectivity index (χ0v) is 5.50. The van der Waals surface area contributed by atoms with Crippen LogP contribution in [0.3, 0.4) is 0 Å². The van der Waals surface area contributed by atoms with Crippen molar-refractivity contribution in [2.24, 2.45) is 0 Å². The quantitative estimate of drug-likeness (QED) is 0.420. The number of hydrogen-bond acceptors (Lipinski definition) is 2. The summed E-state index contributed by atoms with van der Waals surface area (Å²) in [4.78, 5) is 9.91. The second kappa shape index (κ2) is 5.86. The molecule has 0 bridgehead atoms. The van der Waals surface area contributed by atoms with Crippen molar-refractivity contribution < 1.29 is 9.90 Å². The maximum atomic E-state index is 9.91. The SMILES string of the molecule is C#CC=CCNCC(=O)O. The van der Waals surface area contributed by atoms with E-state index < -0.39 is 5.97 Å². The second-order valence-electron chi connectivity index (χ2n) is 1.59. The Morgan fingerprint density at radius 1 is 1.80 bits per heavy atom. The first kappa shape index (κ1) is 8.73. The van der Waals surface area contributed by atoms with Crippen LogP contribution in [0.25, 0.3) is 0 Å². The number of aliphatic carboxylic acids is 1. The molecule has 3 nitrogen and oxygen atoms in total. The molecule has 0 amide bonds. The van der Waals surface area contributed by atoms with Crippen LogP contribution in [0, 0.1) is 12.3 Å². The van der Waals surface area contributed by atoms with Gasteiger partial charge in [0.25, 0.3) is 0 Å². The van der Waals surface area contributed by atoms with Crippen LogP contribution in [0.15, 0.2) is 12.2 Å². The highest BCUT2D eigenvalue weighted by atomic mass is 16.4. The summed E-state index contributed by atoms with van der Waals surface area (Å²) in [7, 11) is 0. The summed E-state index contributed by atoms with van der Waals surface area (Å²) >= 11 is 0. The average molecular weight is 139 g/mol. The molecule has 0 saturated carbocycles. The minimum Gasteiger partial charge on any atom is -0.480 e. The van der Waals surface area contributed by atoms with E-state index in [9.17, 15) is 4.79 Å². The van der Waals surface area contributed by atoms with E-state index in [2.05, 4.69) is 11.2 Å². The summed E-state index contributed by atoms with van der Waals surface area (Å²) in [6, 6.07) is 0. The van der Waals surface area contributed by atoms with Gasteiger partial charge in [0.05, 0.1) is 6.54 Å². The third-order valence-corrected chi connectivity index (χ3v) is 0.752. The third kappa shape index (κ3) is 6.73. The van der Waals surface area contributed by atoms with E-state index in [4.69, 9.17) is 11.5 Å². The molecule has 0 spiro atoms. The Labute approximate surface area is 59.7 Å². The first-order chi connectivity index (χ1) is 4.77. The normalized spacial score (nSPS) is 9.50. The Morgan fingerprint density at radius 3 is 3.00 bits per heavy atom. The molecule has 0 rings (SSSR count). The first-order valence-corrected chi connectivity index (χ1v) is 2.81. The first-order valence-electron chi connectivity index (χ1n) is 2.81.